The fourth-order valence-electron chi connectivity index (χ4n) is 2.76. The van der Waals surface area contributed by atoms with Gasteiger partial charge in [0.15, 0.2) is 0 Å². The van der Waals surface area contributed by atoms with Crippen molar-refractivity contribution >= 4 is 5.91 Å². The molecular formula is C14H25F3N2O. The molecule has 1 heterocycles. The summed E-state index contributed by atoms with van der Waals surface area (Å²) >= 11 is 0. The number of carbonyl (C=O) groups is 1. The maximum Gasteiger partial charge on any atom is 0.406 e. The Morgan fingerprint density at radius 3 is 2.50 bits per heavy atom. The average molecular weight is 294 g/mol. The van der Waals surface area contributed by atoms with E-state index in [1.165, 1.54) is 0 Å². The monoisotopic (exact) mass is 294 g/mol. The lowest BCUT2D eigenvalue weighted by atomic mass is 9.77. The van der Waals surface area contributed by atoms with E-state index in [9.17, 15) is 18.0 Å². The highest BCUT2D eigenvalue weighted by molar-refractivity contribution is 5.83. The Morgan fingerprint density at radius 1 is 1.35 bits per heavy atom. The highest BCUT2D eigenvalue weighted by atomic mass is 19.4. The van der Waals surface area contributed by atoms with E-state index in [1.54, 1.807) is 0 Å². The average Bonchev–Trinajstić information content (AvgIpc) is 2.42. The Morgan fingerprint density at radius 2 is 2.05 bits per heavy atom. The predicted octanol–water partition coefficient (Wildman–Crippen LogP) is 2.96. The number of amides is 1. The van der Waals surface area contributed by atoms with Crippen LogP contribution in [0.4, 0.5) is 13.2 Å². The van der Waals surface area contributed by atoms with Crippen LogP contribution in [0, 0.1) is 5.41 Å². The third-order valence-electron chi connectivity index (χ3n) is 4.04. The second kappa shape index (κ2) is 7.29. The molecule has 0 aromatic heterocycles. The van der Waals surface area contributed by atoms with Gasteiger partial charge < -0.3 is 10.2 Å². The molecule has 1 saturated heterocycles. The number of nitrogens with one attached hydrogen (secondary N) is 1. The standard InChI is InChI=1S/C14H25F3N2O/c1-3-5-9-19(11-14(15,16)17)12(20)13(4-2)7-6-8-18-10-13/h18H,3-11H2,1-2H3. The van der Waals surface area contributed by atoms with E-state index in [1.807, 2.05) is 13.8 Å². The Balaban J connectivity index is 2.83. The van der Waals surface area contributed by atoms with E-state index in [0.717, 1.165) is 24.3 Å². The first kappa shape index (κ1) is 17.3. The minimum atomic E-state index is -4.33. The molecule has 1 rings (SSSR count). The van der Waals surface area contributed by atoms with E-state index in [-0.39, 0.29) is 12.5 Å². The quantitative estimate of drug-likeness (QED) is 0.817. The minimum absolute atomic E-state index is 0.191. The number of rotatable bonds is 6. The number of unbranched alkanes of at least 4 members (excludes halogenated alkanes) is 1. The zero-order valence-electron chi connectivity index (χ0n) is 12.4. The number of hydrogen-bond acceptors (Lipinski definition) is 2. The maximum absolute atomic E-state index is 12.7. The third kappa shape index (κ3) is 4.65. The summed E-state index contributed by atoms with van der Waals surface area (Å²) in [5.74, 6) is -0.335. The van der Waals surface area contributed by atoms with Gasteiger partial charge in [-0.1, -0.05) is 20.3 Å². The van der Waals surface area contributed by atoms with E-state index in [2.05, 4.69) is 5.32 Å². The summed E-state index contributed by atoms with van der Waals surface area (Å²) in [4.78, 5) is 13.6. The molecule has 0 aliphatic carbocycles. The normalized spacial score (nSPS) is 23.6. The molecule has 1 N–H and O–H groups in total. The van der Waals surface area contributed by atoms with Crippen LogP contribution >= 0.6 is 0 Å². The third-order valence-corrected chi connectivity index (χ3v) is 4.04. The van der Waals surface area contributed by atoms with Crippen molar-refractivity contribution in [1.82, 2.24) is 10.2 Å². The fraction of sp³-hybridized carbons (Fsp3) is 0.929. The zero-order chi connectivity index (χ0) is 15.2. The minimum Gasteiger partial charge on any atom is -0.333 e. The van der Waals surface area contributed by atoms with Gasteiger partial charge in [0.1, 0.15) is 6.54 Å². The Labute approximate surface area is 118 Å². The smallest absolute Gasteiger partial charge is 0.333 e. The lowest BCUT2D eigenvalue weighted by molar-refractivity contribution is -0.169. The predicted molar refractivity (Wildman–Crippen MR) is 72.4 cm³/mol. The lowest BCUT2D eigenvalue weighted by Gasteiger charge is -2.39. The molecule has 0 bridgehead atoms. The maximum atomic E-state index is 12.7. The van der Waals surface area contributed by atoms with Gasteiger partial charge in [-0.3, -0.25) is 4.79 Å². The van der Waals surface area contributed by atoms with Crippen LogP contribution in [0.25, 0.3) is 0 Å². The first-order valence-electron chi connectivity index (χ1n) is 7.41. The van der Waals surface area contributed by atoms with Gasteiger partial charge in [-0.15, -0.1) is 0 Å². The van der Waals surface area contributed by atoms with Gasteiger partial charge >= 0.3 is 6.18 Å². The molecule has 0 aromatic carbocycles. The van der Waals surface area contributed by atoms with Crippen LogP contribution in [-0.2, 0) is 4.79 Å². The van der Waals surface area contributed by atoms with Crippen LogP contribution in [0.2, 0.25) is 0 Å². The summed E-state index contributed by atoms with van der Waals surface area (Å²) < 4.78 is 38.0. The molecule has 1 aliphatic rings. The molecule has 3 nitrogen and oxygen atoms in total. The summed E-state index contributed by atoms with van der Waals surface area (Å²) in [6, 6.07) is 0. The second-order valence-corrected chi connectivity index (χ2v) is 5.61. The summed E-state index contributed by atoms with van der Waals surface area (Å²) in [5.41, 5.74) is -0.656. The van der Waals surface area contributed by atoms with Gasteiger partial charge in [0.2, 0.25) is 5.91 Å². The van der Waals surface area contributed by atoms with Crippen molar-refractivity contribution in [1.29, 1.82) is 0 Å². The molecule has 1 amide bonds. The Bertz CT molecular complexity index is 312. The van der Waals surface area contributed by atoms with Crippen molar-refractivity contribution in [2.75, 3.05) is 26.2 Å². The molecule has 0 spiro atoms. The molecule has 0 radical (unpaired) electrons. The van der Waals surface area contributed by atoms with Gasteiger partial charge in [0.05, 0.1) is 5.41 Å². The highest BCUT2D eigenvalue weighted by Gasteiger charge is 2.43. The van der Waals surface area contributed by atoms with Gasteiger partial charge in [0, 0.05) is 13.1 Å². The van der Waals surface area contributed by atoms with Gasteiger partial charge in [-0.2, -0.15) is 13.2 Å². The molecule has 1 atom stereocenters. The highest BCUT2D eigenvalue weighted by Crippen LogP contribution is 2.33. The SMILES string of the molecule is CCCCN(CC(F)(F)F)C(=O)C1(CC)CCCNC1. The number of nitrogens with zero attached hydrogens (tertiary/aromatic N) is 1. The molecular weight excluding hydrogens is 269 g/mol. The van der Waals surface area contributed by atoms with E-state index >= 15 is 0 Å². The molecule has 1 unspecified atom stereocenters. The van der Waals surface area contributed by atoms with Crippen molar-refractivity contribution in [2.24, 2.45) is 5.41 Å². The number of carbonyl (C=O) groups excluding carboxylic acids is 1. The zero-order valence-corrected chi connectivity index (χ0v) is 12.4. The Hall–Kier alpha value is -0.780. The first-order valence-corrected chi connectivity index (χ1v) is 7.41. The molecule has 20 heavy (non-hydrogen) atoms. The molecule has 0 saturated carbocycles. The number of piperidine rings is 1. The van der Waals surface area contributed by atoms with E-state index < -0.39 is 18.1 Å². The number of alkyl halides is 3. The van der Waals surface area contributed by atoms with Crippen LogP contribution in [0.5, 0.6) is 0 Å². The fourth-order valence-corrected chi connectivity index (χ4v) is 2.76. The van der Waals surface area contributed by atoms with Crippen molar-refractivity contribution in [2.45, 2.75) is 52.1 Å². The van der Waals surface area contributed by atoms with Gasteiger partial charge in [-0.25, -0.2) is 0 Å². The lowest BCUT2D eigenvalue weighted by Crippen LogP contribution is -2.53. The van der Waals surface area contributed by atoms with Crippen LogP contribution < -0.4 is 5.32 Å². The van der Waals surface area contributed by atoms with Crippen LogP contribution in [-0.4, -0.2) is 43.2 Å². The van der Waals surface area contributed by atoms with Gasteiger partial charge in [-0.05, 0) is 32.2 Å². The largest absolute Gasteiger partial charge is 0.406 e. The van der Waals surface area contributed by atoms with Crippen molar-refractivity contribution in [3.8, 4) is 0 Å². The van der Waals surface area contributed by atoms with Crippen LogP contribution in [0.1, 0.15) is 46.0 Å². The molecule has 118 valence electrons. The molecule has 1 fully saturated rings. The molecule has 0 aromatic rings. The number of hydrogen-bond donors (Lipinski definition) is 1. The summed E-state index contributed by atoms with van der Waals surface area (Å²) in [7, 11) is 0. The summed E-state index contributed by atoms with van der Waals surface area (Å²) in [6.07, 6.45) is -0.850. The van der Waals surface area contributed by atoms with Crippen LogP contribution in [0.15, 0.2) is 0 Å². The van der Waals surface area contributed by atoms with Crippen molar-refractivity contribution in [3.63, 3.8) is 0 Å². The molecule has 1 aliphatic heterocycles. The van der Waals surface area contributed by atoms with E-state index in [4.69, 9.17) is 0 Å². The Kier molecular flexibility index (Phi) is 6.30. The van der Waals surface area contributed by atoms with Crippen LogP contribution in [0.3, 0.4) is 0 Å². The van der Waals surface area contributed by atoms with E-state index in [0.29, 0.717) is 25.8 Å². The second-order valence-electron chi connectivity index (χ2n) is 5.61. The first-order chi connectivity index (χ1) is 9.34. The van der Waals surface area contributed by atoms with Gasteiger partial charge in [0.25, 0.3) is 0 Å². The van der Waals surface area contributed by atoms with Crippen molar-refractivity contribution in [3.05, 3.63) is 0 Å². The van der Waals surface area contributed by atoms with Crippen molar-refractivity contribution < 1.29 is 18.0 Å². The summed E-state index contributed by atoms with van der Waals surface area (Å²) in [5, 5.41) is 3.15. The topological polar surface area (TPSA) is 32.3 Å². The number of halogens is 3. The molecule has 6 heteroatoms. The summed E-state index contributed by atoms with van der Waals surface area (Å²) in [6.45, 7) is 4.18.